The van der Waals surface area contributed by atoms with Crippen LogP contribution in [0.3, 0.4) is 0 Å². The molecule has 0 unspecified atom stereocenters. The summed E-state index contributed by atoms with van der Waals surface area (Å²) >= 11 is 3.33. The highest BCUT2D eigenvalue weighted by Gasteiger charge is 1.95. The smallest absolute Gasteiger partial charge is 0.251 e. The number of hydrogen-bond acceptors (Lipinski definition) is 2. The Balaban J connectivity index is 2.63. The summed E-state index contributed by atoms with van der Waals surface area (Å²) in [4.78, 5) is 0. The molecule has 0 bridgehead atoms. The van der Waals surface area contributed by atoms with E-state index in [0.29, 0.717) is 0 Å². The Morgan fingerprint density at radius 2 is 2.17 bits per heavy atom. The molecule has 0 aliphatic heterocycles. The molecule has 4 heteroatoms. The summed E-state index contributed by atoms with van der Waals surface area (Å²) in [6, 6.07) is 0. The van der Waals surface area contributed by atoms with Crippen LogP contribution in [0.25, 0.3) is 0 Å². The number of thiol groups is 1. The van der Waals surface area contributed by atoms with Crippen LogP contribution in [-0.4, -0.2) is 13.0 Å². The fraction of sp³-hybridized carbons (Fsp3) is 1.00. The number of halogens is 2. The third-order valence-electron chi connectivity index (χ3n) is 0.246. The van der Waals surface area contributed by atoms with Crippen molar-refractivity contribution in [3.8, 4) is 0 Å². The van der Waals surface area contributed by atoms with Gasteiger partial charge in [0.25, 0.3) is 6.43 Å². The highest BCUT2D eigenvalue weighted by Crippen LogP contribution is 1.86. The summed E-state index contributed by atoms with van der Waals surface area (Å²) in [5, 5.41) is 0. The lowest BCUT2D eigenvalue weighted by Gasteiger charge is -1.90. The summed E-state index contributed by atoms with van der Waals surface area (Å²) in [6.07, 6.45) is -2.29. The van der Waals surface area contributed by atoms with Gasteiger partial charge in [-0.1, -0.05) is 12.8 Å². The van der Waals surface area contributed by atoms with Gasteiger partial charge in [-0.3, -0.25) is 4.72 Å². The van der Waals surface area contributed by atoms with Gasteiger partial charge in [-0.2, -0.15) is 0 Å². The van der Waals surface area contributed by atoms with Crippen molar-refractivity contribution in [2.24, 2.45) is 0 Å². The van der Waals surface area contributed by atoms with Gasteiger partial charge in [0.05, 0.1) is 6.54 Å². The van der Waals surface area contributed by atoms with Gasteiger partial charge in [-0.15, -0.1) is 0 Å². The molecule has 1 N–H and O–H groups in total. The molecule has 0 spiro atoms. The van der Waals surface area contributed by atoms with E-state index in [9.17, 15) is 8.78 Å². The number of rotatable bonds is 2. The van der Waals surface area contributed by atoms with Crippen molar-refractivity contribution in [2.75, 3.05) is 6.54 Å². The van der Waals surface area contributed by atoms with Crippen molar-refractivity contribution in [2.45, 2.75) is 6.43 Å². The highest BCUT2D eigenvalue weighted by atomic mass is 32.1. The highest BCUT2D eigenvalue weighted by molar-refractivity contribution is 7.78. The largest absolute Gasteiger partial charge is 0.261 e. The lowest BCUT2D eigenvalue weighted by Crippen LogP contribution is -2.09. The quantitative estimate of drug-likeness (QED) is 0.502. The molecule has 0 aliphatic carbocycles. The van der Waals surface area contributed by atoms with Gasteiger partial charge in [0.2, 0.25) is 0 Å². The summed E-state index contributed by atoms with van der Waals surface area (Å²) in [5.41, 5.74) is 0. The fourth-order valence-corrected chi connectivity index (χ4v) is 0.207. The minimum absolute atomic E-state index is 0.344. The first-order valence-electron chi connectivity index (χ1n) is 1.42. The first-order chi connectivity index (χ1) is 2.77. The summed E-state index contributed by atoms with van der Waals surface area (Å²) in [7, 11) is 0. The van der Waals surface area contributed by atoms with Crippen molar-refractivity contribution in [1.29, 1.82) is 0 Å². The molecule has 0 fully saturated rings. The predicted molar refractivity (Wildman–Crippen MR) is 23.0 cm³/mol. The molecule has 0 aromatic carbocycles. The zero-order valence-electron chi connectivity index (χ0n) is 2.99. The first kappa shape index (κ1) is 6.17. The van der Waals surface area contributed by atoms with Crippen LogP contribution in [0.15, 0.2) is 0 Å². The van der Waals surface area contributed by atoms with Crippen LogP contribution >= 0.6 is 12.8 Å². The van der Waals surface area contributed by atoms with E-state index < -0.39 is 6.43 Å². The van der Waals surface area contributed by atoms with E-state index in [2.05, 4.69) is 12.8 Å². The van der Waals surface area contributed by atoms with Crippen molar-refractivity contribution in [3.05, 3.63) is 0 Å². The minimum Gasteiger partial charge on any atom is -0.261 e. The van der Waals surface area contributed by atoms with Crippen molar-refractivity contribution < 1.29 is 8.78 Å². The van der Waals surface area contributed by atoms with Gasteiger partial charge >= 0.3 is 0 Å². The van der Waals surface area contributed by atoms with E-state index in [4.69, 9.17) is 0 Å². The Kier molecular flexibility index (Phi) is 3.46. The Morgan fingerprint density at radius 1 is 1.67 bits per heavy atom. The van der Waals surface area contributed by atoms with Crippen LogP contribution in [0, 0.1) is 0 Å². The fourth-order valence-electron chi connectivity index (χ4n) is 0.0690. The van der Waals surface area contributed by atoms with Crippen LogP contribution < -0.4 is 4.72 Å². The predicted octanol–water partition coefficient (Wildman–Crippen LogP) is 0.686. The van der Waals surface area contributed by atoms with Crippen LogP contribution in [0.1, 0.15) is 0 Å². The van der Waals surface area contributed by atoms with Crippen LogP contribution in [0.4, 0.5) is 8.78 Å². The Morgan fingerprint density at radius 3 is 2.17 bits per heavy atom. The topological polar surface area (TPSA) is 12.0 Å². The third kappa shape index (κ3) is 4.17. The van der Waals surface area contributed by atoms with E-state index in [1.54, 1.807) is 0 Å². The van der Waals surface area contributed by atoms with Gasteiger partial charge < -0.3 is 0 Å². The number of alkyl halides is 2. The molecular weight excluding hydrogens is 108 g/mol. The van der Waals surface area contributed by atoms with E-state index in [0.717, 1.165) is 0 Å². The van der Waals surface area contributed by atoms with E-state index in [-0.39, 0.29) is 6.54 Å². The molecule has 0 radical (unpaired) electrons. The second-order valence-corrected chi connectivity index (χ2v) is 1.07. The van der Waals surface area contributed by atoms with E-state index in [1.807, 2.05) is 4.72 Å². The van der Waals surface area contributed by atoms with Gasteiger partial charge in [0.15, 0.2) is 0 Å². The maximum absolute atomic E-state index is 10.9. The Labute approximate surface area is 40.3 Å². The molecule has 0 atom stereocenters. The van der Waals surface area contributed by atoms with E-state index in [1.165, 1.54) is 0 Å². The molecule has 0 rings (SSSR count). The van der Waals surface area contributed by atoms with Crippen LogP contribution in [-0.2, 0) is 0 Å². The molecule has 0 heterocycles. The maximum atomic E-state index is 10.9. The molecule has 0 aromatic heterocycles. The van der Waals surface area contributed by atoms with Gasteiger partial charge in [0.1, 0.15) is 0 Å². The van der Waals surface area contributed by atoms with Crippen molar-refractivity contribution in [3.63, 3.8) is 0 Å². The minimum atomic E-state index is -2.29. The second-order valence-electron chi connectivity index (χ2n) is 0.753. The summed E-state index contributed by atoms with van der Waals surface area (Å²) < 4.78 is 23.9. The SMILES string of the molecule is FC(F)CNS. The zero-order valence-corrected chi connectivity index (χ0v) is 3.88. The number of hydrogen-bond donors (Lipinski definition) is 2. The molecule has 0 saturated carbocycles. The average Bonchev–Trinajstić information content (AvgIpc) is 1.35. The summed E-state index contributed by atoms with van der Waals surface area (Å²) in [5.74, 6) is 0. The van der Waals surface area contributed by atoms with Gasteiger partial charge in [-0.05, 0) is 0 Å². The summed E-state index contributed by atoms with van der Waals surface area (Å²) in [6.45, 7) is -0.344. The van der Waals surface area contributed by atoms with Gasteiger partial charge in [-0.25, -0.2) is 8.78 Å². The normalized spacial score (nSPS) is 10.0. The lowest BCUT2D eigenvalue weighted by molar-refractivity contribution is 0.154. The second kappa shape index (κ2) is 3.36. The van der Waals surface area contributed by atoms with E-state index >= 15 is 0 Å². The zero-order chi connectivity index (χ0) is 4.99. The molecule has 0 amide bonds. The Hall–Kier alpha value is 0.170. The molecule has 0 aliphatic rings. The van der Waals surface area contributed by atoms with Crippen molar-refractivity contribution >= 4 is 12.8 Å². The molecule has 38 valence electrons. The number of nitrogens with one attached hydrogen (secondary N) is 1. The Bertz CT molecular complexity index is 32.7. The monoisotopic (exact) mass is 113 g/mol. The third-order valence-corrected chi connectivity index (χ3v) is 0.428. The molecule has 6 heavy (non-hydrogen) atoms. The lowest BCUT2D eigenvalue weighted by atomic mass is 10.7. The average molecular weight is 113 g/mol. The van der Waals surface area contributed by atoms with Crippen LogP contribution in [0.2, 0.25) is 0 Å². The molecule has 1 nitrogen and oxygen atoms in total. The maximum Gasteiger partial charge on any atom is 0.251 e. The van der Waals surface area contributed by atoms with Crippen LogP contribution in [0.5, 0.6) is 0 Å². The molecular formula is C2H5F2NS. The molecule has 0 aromatic rings. The standard InChI is InChI=1S/C2H5F2NS/c3-2(4)1-5-6/h2,5-6H,1H2. The molecule has 0 saturated heterocycles. The van der Waals surface area contributed by atoms with Crippen molar-refractivity contribution in [1.82, 2.24) is 4.72 Å². The van der Waals surface area contributed by atoms with Gasteiger partial charge in [0, 0.05) is 0 Å². The first-order valence-corrected chi connectivity index (χ1v) is 1.87.